The van der Waals surface area contributed by atoms with Gasteiger partial charge in [-0.2, -0.15) is 0 Å². The van der Waals surface area contributed by atoms with E-state index in [4.69, 9.17) is 24.7 Å². The molecule has 9 heteroatoms. The van der Waals surface area contributed by atoms with Crippen LogP contribution in [0.5, 0.6) is 0 Å². The van der Waals surface area contributed by atoms with Crippen LogP contribution in [0.1, 0.15) is 20.8 Å². The summed E-state index contributed by atoms with van der Waals surface area (Å²) in [5.41, 5.74) is 5.14. The normalized spacial score (nSPS) is 23.6. The highest BCUT2D eigenvalue weighted by atomic mass is 16.6. The Morgan fingerprint density at radius 1 is 1.09 bits per heavy atom. The van der Waals surface area contributed by atoms with Crippen molar-refractivity contribution in [1.29, 1.82) is 0 Å². The van der Waals surface area contributed by atoms with Gasteiger partial charge in [0.2, 0.25) is 0 Å². The molecule has 0 radical (unpaired) electrons. The molecular formula is C13H17NO8. The molecule has 1 rings (SSSR count). The molecule has 0 aliphatic carbocycles. The van der Waals surface area contributed by atoms with Gasteiger partial charge in [0.1, 0.15) is 6.61 Å². The quantitative estimate of drug-likeness (QED) is 0.514. The van der Waals surface area contributed by atoms with E-state index < -0.39 is 42.1 Å². The monoisotopic (exact) mass is 315 g/mol. The molecule has 0 spiro atoms. The fourth-order valence-electron chi connectivity index (χ4n) is 1.82. The molecule has 0 saturated carbocycles. The summed E-state index contributed by atoms with van der Waals surface area (Å²) in [6.45, 7) is 3.17. The second kappa shape index (κ2) is 7.43. The summed E-state index contributed by atoms with van der Waals surface area (Å²) in [7, 11) is 0. The smallest absolute Gasteiger partial charge is 0.303 e. The maximum absolute atomic E-state index is 11.3. The molecule has 0 aromatic heterocycles. The van der Waals surface area contributed by atoms with Crippen molar-refractivity contribution in [1.82, 2.24) is 0 Å². The summed E-state index contributed by atoms with van der Waals surface area (Å²) in [5, 5.41) is 0. The van der Waals surface area contributed by atoms with Gasteiger partial charge in [0.05, 0.1) is 0 Å². The van der Waals surface area contributed by atoms with Crippen LogP contribution in [0.3, 0.4) is 0 Å². The van der Waals surface area contributed by atoms with Gasteiger partial charge in [-0.15, -0.1) is 0 Å². The van der Waals surface area contributed by atoms with E-state index in [1.54, 1.807) is 0 Å². The lowest BCUT2D eigenvalue weighted by Crippen LogP contribution is -2.49. The molecule has 0 fully saturated rings. The van der Waals surface area contributed by atoms with Crippen molar-refractivity contribution in [3.8, 4) is 0 Å². The summed E-state index contributed by atoms with van der Waals surface area (Å²) in [6, 6.07) is 0. The molecule has 3 unspecified atom stereocenters. The molecular weight excluding hydrogens is 298 g/mol. The maximum Gasteiger partial charge on any atom is 0.303 e. The van der Waals surface area contributed by atoms with Crippen LogP contribution < -0.4 is 5.73 Å². The first-order valence-electron chi connectivity index (χ1n) is 6.36. The first-order valence-corrected chi connectivity index (χ1v) is 6.36. The van der Waals surface area contributed by atoms with E-state index in [1.807, 2.05) is 0 Å². The van der Waals surface area contributed by atoms with Crippen molar-refractivity contribution in [3.63, 3.8) is 0 Å². The number of hydrogen-bond acceptors (Lipinski definition) is 8. The minimum atomic E-state index is -1.08. The molecule has 9 nitrogen and oxygen atoms in total. The van der Waals surface area contributed by atoms with E-state index >= 15 is 0 Å². The third-order valence-electron chi connectivity index (χ3n) is 2.58. The maximum atomic E-state index is 11.3. The number of ether oxygens (including phenoxy) is 4. The first-order chi connectivity index (χ1) is 10.2. The third-order valence-corrected chi connectivity index (χ3v) is 2.58. The van der Waals surface area contributed by atoms with Crippen LogP contribution >= 0.6 is 0 Å². The Kier molecular flexibility index (Phi) is 5.90. The average Bonchev–Trinajstić information content (AvgIpc) is 2.37. The molecule has 3 atom stereocenters. The minimum absolute atomic E-state index is 0.271. The van der Waals surface area contributed by atoms with Gasteiger partial charge in [-0.05, 0) is 0 Å². The third kappa shape index (κ3) is 5.08. The topological polar surface area (TPSA) is 131 Å². The number of hydrogen-bond donors (Lipinski definition) is 1. The molecule has 122 valence electrons. The number of primary amides is 1. The molecule has 22 heavy (non-hydrogen) atoms. The van der Waals surface area contributed by atoms with Gasteiger partial charge in [0.25, 0.3) is 5.91 Å². The second-order valence-corrected chi connectivity index (χ2v) is 4.50. The average molecular weight is 315 g/mol. The lowest BCUT2D eigenvalue weighted by atomic mass is 10.0. The summed E-state index contributed by atoms with van der Waals surface area (Å²) >= 11 is 0. The lowest BCUT2D eigenvalue weighted by Gasteiger charge is -2.34. The molecule has 0 aromatic rings. The second-order valence-electron chi connectivity index (χ2n) is 4.50. The van der Waals surface area contributed by atoms with Gasteiger partial charge < -0.3 is 24.7 Å². The molecule has 1 aliphatic rings. The highest BCUT2D eigenvalue weighted by molar-refractivity contribution is 5.90. The molecule has 0 aromatic carbocycles. The van der Waals surface area contributed by atoms with Gasteiger partial charge in [-0.1, -0.05) is 0 Å². The zero-order chi connectivity index (χ0) is 16.9. The molecule has 1 amide bonds. The lowest BCUT2D eigenvalue weighted by molar-refractivity contribution is -0.181. The molecule has 2 N–H and O–H groups in total. The Hall–Kier alpha value is -2.58. The largest absolute Gasteiger partial charge is 0.477 e. The van der Waals surface area contributed by atoms with Crippen LogP contribution in [0.15, 0.2) is 11.8 Å². The standard InChI is InChI=1S/C13H17NO8/c1-6(15)19-5-11-12(21-8(3)17)9(20-7(2)16)4-10(22-11)13(14)18/h4,9,11-12H,5H2,1-3H3,(H2,14,18). The fraction of sp³-hybridized carbons (Fsp3) is 0.538. The van der Waals surface area contributed by atoms with E-state index in [2.05, 4.69) is 0 Å². The van der Waals surface area contributed by atoms with Crippen molar-refractivity contribution in [3.05, 3.63) is 11.8 Å². The molecule has 1 aliphatic heterocycles. The Bertz CT molecular complexity index is 512. The number of amides is 1. The Morgan fingerprint density at radius 2 is 1.68 bits per heavy atom. The molecule has 0 bridgehead atoms. The summed E-state index contributed by atoms with van der Waals surface area (Å²) in [6.07, 6.45) is -2.06. The van der Waals surface area contributed by atoms with Crippen LogP contribution in [-0.2, 0) is 38.1 Å². The predicted octanol–water partition coefficient (Wildman–Crippen LogP) is -0.819. The molecule has 1 heterocycles. The zero-order valence-electron chi connectivity index (χ0n) is 12.4. The number of esters is 3. The van der Waals surface area contributed by atoms with Gasteiger partial charge in [-0.3, -0.25) is 19.2 Å². The fourth-order valence-corrected chi connectivity index (χ4v) is 1.82. The number of carbonyl (C=O) groups is 4. The van der Waals surface area contributed by atoms with Crippen molar-refractivity contribution in [2.45, 2.75) is 39.1 Å². The summed E-state index contributed by atoms with van der Waals surface area (Å²) in [4.78, 5) is 44.5. The van der Waals surface area contributed by atoms with E-state index in [0.29, 0.717) is 0 Å². The van der Waals surface area contributed by atoms with E-state index in [-0.39, 0.29) is 12.4 Å². The van der Waals surface area contributed by atoms with Crippen LogP contribution in [0.25, 0.3) is 0 Å². The highest BCUT2D eigenvalue weighted by Gasteiger charge is 2.41. The van der Waals surface area contributed by atoms with Gasteiger partial charge >= 0.3 is 17.9 Å². The van der Waals surface area contributed by atoms with Gasteiger partial charge in [0.15, 0.2) is 24.1 Å². The van der Waals surface area contributed by atoms with Crippen LogP contribution in [0, 0.1) is 0 Å². The van der Waals surface area contributed by atoms with Crippen molar-refractivity contribution >= 4 is 23.8 Å². The van der Waals surface area contributed by atoms with Crippen LogP contribution in [0.2, 0.25) is 0 Å². The minimum Gasteiger partial charge on any atom is -0.477 e. The zero-order valence-corrected chi connectivity index (χ0v) is 12.4. The SMILES string of the molecule is CC(=O)OCC1OC(C(N)=O)=CC(OC(C)=O)C1OC(C)=O. The van der Waals surface area contributed by atoms with E-state index in [0.717, 1.165) is 19.9 Å². The van der Waals surface area contributed by atoms with E-state index in [1.165, 1.54) is 6.92 Å². The Morgan fingerprint density at radius 3 is 2.14 bits per heavy atom. The van der Waals surface area contributed by atoms with Crippen molar-refractivity contribution < 1.29 is 38.1 Å². The van der Waals surface area contributed by atoms with Gasteiger partial charge in [0, 0.05) is 26.8 Å². The molecule has 0 saturated heterocycles. The first kappa shape index (κ1) is 17.5. The van der Waals surface area contributed by atoms with Crippen LogP contribution in [-0.4, -0.2) is 48.7 Å². The number of carbonyl (C=O) groups excluding carboxylic acids is 4. The van der Waals surface area contributed by atoms with Crippen LogP contribution in [0.4, 0.5) is 0 Å². The van der Waals surface area contributed by atoms with Crippen molar-refractivity contribution in [2.75, 3.05) is 6.61 Å². The Labute approximate surface area is 126 Å². The number of nitrogens with two attached hydrogens (primary N) is 1. The summed E-state index contributed by atoms with van der Waals surface area (Å²) in [5.74, 6) is -3.08. The highest BCUT2D eigenvalue weighted by Crippen LogP contribution is 2.24. The van der Waals surface area contributed by atoms with Gasteiger partial charge in [-0.25, -0.2) is 0 Å². The van der Waals surface area contributed by atoms with E-state index in [9.17, 15) is 19.2 Å². The predicted molar refractivity (Wildman–Crippen MR) is 69.9 cm³/mol. The Balaban J connectivity index is 3.06. The summed E-state index contributed by atoms with van der Waals surface area (Å²) < 4.78 is 20.1. The number of rotatable bonds is 5. The van der Waals surface area contributed by atoms with Crippen molar-refractivity contribution in [2.24, 2.45) is 5.73 Å².